The molecule has 2 amide bonds. The number of amides is 2. The zero-order valence-corrected chi connectivity index (χ0v) is 13.5. The van der Waals surface area contributed by atoms with E-state index in [4.69, 9.17) is 4.74 Å². The number of piperidine rings is 1. The maximum atomic E-state index is 12.1. The van der Waals surface area contributed by atoms with Gasteiger partial charge >= 0.3 is 6.03 Å². The minimum Gasteiger partial charge on any atom is -0.481 e. The number of thiazole rings is 1. The Morgan fingerprint density at radius 1 is 1.35 bits per heavy atom. The number of anilines is 2. The van der Waals surface area contributed by atoms with Gasteiger partial charge in [-0.3, -0.25) is 5.32 Å². The lowest BCUT2D eigenvalue weighted by atomic mass is 10.1. The highest BCUT2D eigenvalue weighted by Gasteiger charge is 2.23. The normalized spacial score (nSPS) is 15.3. The third kappa shape index (κ3) is 4.07. The fraction of sp³-hybridized carbons (Fsp3) is 0.429. The number of carbonyl (C=O) groups excluding carboxylic acids is 1. The van der Waals surface area contributed by atoms with Crippen molar-refractivity contribution in [3.8, 4) is 5.88 Å². The van der Waals surface area contributed by atoms with E-state index >= 15 is 0 Å². The van der Waals surface area contributed by atoms with Crippen molar-refractivity contribution in [2.45, 2.75) is 18.9 Å². The Morgan fingerprint density at radius 2 is 2.17 bits per heavy atom. The lowest BCUT2D eigenvalue weighted by Crippen LogP contribution is -2.44. The molecule has 0 aliphatic carbocycles. The topological polar surface area (TPSA) is 92.3 Å². The van der Waals surface area contributed by atoms with Gasteiger partial charge in [-0.25, -0.2) is 19.7 Å². The first-order valence-corrected chi connectivity index (χ1v) is 8.20. The quantitative estimate of drug-likeness (QED) is 0.889. The third-order valence-corrected chi connectivity index (χ3v) is 4.32. The van der Waals surface area contributed by atoms with Crippen molar-refractivity contribution >= 4 is 28.3 Å². The van der Waals surface area contributed by atoms with Crippen molar-refractivity contribution in [1.29, 1.82) is 0 Å². The first kappa shape index (κ1) is 15.5. The molecule has 8 nitrogen and oxygen atoms in total. The van der Waals surface area contributed by atoms with Crippen molar-refractivity contribution in [2.24, 2.45) is 0 Å². The van der Waals surface area contributed by atoms with Crippen LogP contribution in [0.25, 0.3) is 0 Å². The van der Waals surface area contributed by atoms with Crippen LogP contribution >= 0.6 is 11.3 Å². The first-order chi connectivity index (χ1) is 11.2. The number of likely N-dealkylation sites (tertiary alicyclic amines) is 1. The van der Waals surface area contributed by atoms with Gasteiger partial charge in [0.25, 0.3) is 0 Å². The highest BCUT2D eigenvalue weighted by Crippen LogP contribution is 2.18. The Kier molecular flexibility index (Phi) is 4.86. The Bertz CT molecular complexity index is 642. The molecule has 3 heterocycles. The number of nitrogens with zero attached hydrogens (tertiary/aromatic N) is 4. The number of nitrogens with one attached hydrogen (secondary N) is 2. The van der Waals surface area contributed by atoms with E-state index in [0.29, 0.717) is 24.1 Å². The number of hydrogen-bond acceptors (Lipinski definition) is 7. The van der Waals surface area contributed by atoms with Crippen LogP contribution in [0, 0.1) is 0 Å². The molecule has 2 aromatic rings. The molecular weight excluding hydrogens is 316 g/mol. The molecule has 1 fully saturated rings. The van der Waals surface area contributed by atoms with Gasteiger partial charge in [0.2, 0.25) is 5.88 Å². The van der Waals surface area contributed by atoms with E-state index in [-0.39, 0.29) is 12.1 Å². The van der Waals surface area contributed by atoms with E-state index in [1.807, 2.05) is 5.38 Å². The second-order valence-electron chi connectivity index (χ2n) is 5.12. The van der Waals surface area contributed by atoms with Crippen LogP contribution < -0.4 is 15.4 Å². The molecule has 23 heavy (non-hydrogen) atoms. The maximum Gasteiger partial charge on any atom is 0.323 e. The predicted molar refractivity (Wildman–Crippen MR) is 87.9 cm³/mol. The van der Waals surface area contributed by atoms with Gasteiger partial charge in [-0.2, -0.15) is 0 Å². The molecule has 1 aliphatic rings. The molecular formula is C14H18N6O2S. The smallest absolute Gasteiger partial charge is 0.323 e. The summed E-state index contributed by atoms with van der Waals surface area (Å²) in [6, 6.07) is 1.95. The van der Waals surface area contributed by atoms with Crippen molar-refractivity contribution in [2.75, 3.05) is 30.8 Å². The fourth-order valence-electron chi connectivity index (χ4n) is 2.42. The van der Waals surface area contributed by atoms with E-state index < -0.39 is 0 Å². The number of ether oxygens (including phenoxy) is 1. The molecule has 1 aliphatic heterocycles. The summed E-state index contributed by atoms with van der Waals surface area (Å²) in [5, 5.41) is 8.63. The number of hydrogen-bond donors (Lipinski definition) is 2. The molecule has 0 unspecified atom stereocenters. The minimum atomic E-state index is -0.0953. The zero-order chi connectivity index (χ0) is 16.1. The average Bonchev–Trinajstić information content (AvgIpc) is 3.08. The standard InChI is InChI=1S/C14H18N6O2S/c1-22-12-8-11(16-9-17-12)18-10-2-5-20(6-3-10)14(21)19-13-15-4-7-23-13/h4,7-10H,2-3,5-6H2,1H3,(H,15,19,21)(H,16,17,18). The molecule has 0 saturated carbocycles. The van der Waals surface area contributed by atoms with Gasteiger partial charge < -0.3 is 15.0 Å². The molecule has 2 N–H and O–H groups in total. The van der Waals surface area contributed by atoms with Gasteiger partial charge in [-0.05, 0) is 12.8 Å². The molecule has 1 saturated heterocycles. The summed E-state index contributed by atoms with van der Waals surface area (Å²) in [4.78, 5) is 26.2. The number of methoxy groups -OCH3 is 1. The van der Waals surface area contributed by atoms with Crippen LogP contribution in [0.15, 0.2) is 24.0 Å². The lowest BCUT2D eigenvalue weighted by Gasteiger charge is -2.32. The Labute approximate surface area is 137 Å². The SMILES string of the molecule is COc1cc(NC2CCN(C(=O)Nc3nccs3)CC2)ncn1. The highest BCUT2D eigenvalue weighted by atomic mass is 32.1. The number of aromatic nitrogens is 3. The molecule has 0 spiro atoms. The van der Waals surface area contributed by atoms with E-state index in [1.165, 1.54) is 17.7 Å². The van der Waals surface area contributed by atoms with Crippen LogP contribution in [0.1, 0.15) is 12.8 Å². The zero-order valence-electron chi connectivity index (χ0n) is 12.7. The van der Waals surface area contributed by atoms with Crippen LogP contribution in [0.3, 0.4) is 0 Å². The Balaban J connectivity index is 1.49. The number of rotatable bonds is 4. The highest BCUT2D eigenvalue weighted by molar-refractivity contribution is 7.13. The van der Waals surface area contributed by atoms with Crippen molar-refractivity contribution in [3.63, 3.8) is 0 Å². The Hall–Kier alpha value is -2.42. The van der Waals surface area contributed by atoms with Gasteiger partial charge in [0, 0.05) is 36.8 Å². The molecule has 9 heteroatoms. The predicted octanol–water partition coefficient (Wildman–Crippen LogP) is 2.05. The Morgan fingerprint density at radius 3 is 2.87 bits per heavy atom. The molecule has 0 radical (unpaired) electrons. The summed E-state index contributed by atoms with van der Waals surface area (Å²) < 4.78 is 5.09. The second-order valence-corrected chi connectivity index (χ2v) is 6.01. The third-order valence-electron chi connectivity index (χ3n) is 3.63. The summed E-state index contributed by atoms with van der Waals surface area (Å²) in [7, 11) is 1.58. The molecule has 2 aromatic heterocycles. The molecule has 0 atom stereocenters. The van der Waals surface area contributed by atoms with Crippen molar-refractivity contribution in [1.82, 2.24) is 19.9 Å². The first-order valence-electron chi connectivity index (χ1n) is 7.32. The summed E-state index contributed by atoms with van der Waals surface area (Å²) in [5.41, 5.74) is 0. The van der Waals surface area contributed by atoms with E-state index in [9.17, 15) is 4.79 Å². The van der Waals surface area contributed by atoms with Crippen molar-refractivity contribution in [3.05, 3.63) is 24.0 Å². The number of urea groups is 1. The second kappa shape index (κ2) is 7.23. The van der Waals surface area contributed by atoms with Crippen molar-refractivity contribution < 1.29 is 9.53 Å². The molecule has 122 valence electrons. The number of carbonyl (C=O) groups is 1. The van der Waals surface area contributed by atoms with Gasteiger partial charge in [0.1, 0.15) is 12.1 Å². The molecule has 0 aromatic carbocycles. The van der Waals surface area contributed by atoms with E-state index in [2.05, 4.69) is 25.6 Å². The lowest BCUT2D eigenvalue weighted by molar-refractivity contribution is 0.197. The van der Waals surface area contributed by atoms with Gasteiger partial charge in [-0.15, -0.1) is 11.3 Å². The molecule has 3 rings (SSSR count). The van der Waals surface area contributed by atoms with Crippen LogP contribution in [0.5, 0.6) is 5.88 Å². The fourth-order valence-corrected chi connectivity index (χ4v) is 2.94. The van der Waals surface area contributed by atoms with E-state index in [0.717, 1.165) is 18.7 Å². The maximum absolute atomic E-state index is 12.1. The monoisotopic (exact) mass is 334 g/mol. The van der Waals surface area contributed by atoms with Crippen LogP contribution in [-0.4, -0.2) is 52.1 Å². The van der Waals surface area contributed by atoms with Gasteiger partial charge in [-0.1, -0.05) is 0 Å². The average molecular weight is 334 g/mol. The van der Waals surface area contributed by atoms with Crippen LogP contribution in [-0.2, 0) is 0 Å². The van der Waals surface area contributed by atoms with Crippen LogP contribution in [0.4, 0.5) is 15.7 Å². The van der Waals surface area contributed by atoms with Gasteiger partial charge in [0.05, 0.1) is 7.11 Å². The molecule has 0 bridgehead atoms. The minimum absolute atomic E-state index is 0.0953. The van der Waals surface area contributed by atoms with E-state index in [1.54, 1.807) is 24.3 Å². The summed E-state index contributed by atoms with van der Waals surface area (Å²) in [5.74, 6) is 1.27. The van der Waals surface area contributed by atoms with Crippen LogP contribution in [0.2, 0.25) is 0 Å². The van der Waals surface area contributed by atoms with Gasteiger partial charge in [0.15, 0.2) is 5.13 Å². The summed E-state index contributed by atoms with van der Waals surface area (Å²) >= 11 is 1.41. The summed E-state index contributed by atoms with van der Waals surface area (Å²) in [6.45, 7) is 1.38. The largest absolute Gasteiger partial charge is 0.481 e. The summed E-state index contributed by atoms with van der Waals surface area (Å²) in [6.07, 6.45) is 4.86.